The first kappa shape index (κ1) is 10.1. The summed E-state index contributed by atoms with van der Waals surface area (Å²) >= 11 is 0. The highest BCUT2D eigenvalue weighted by Gasteiger charge is 2.37. The molecule has 0 aliphatic carbocycles. The van der Waals surface area contributed by atoms with Crippen molar-refractivity contribution in [2.45, 2.75) is 25.8 Å². The Balaban J connectivity index is 1.86. The van der Waals surface area contributed by atoms with Crippen molar-refractivity contribution in [3.05, 3.63) is 23.9 Å². The minimum atomic E-state index is 0.680. The number of pyridine rings is 1. The van der Waals surface area contributed by atoms with Crippen LogP contribution in [0.2, 0.25) is 0 Å². The van der Waals surface area contributed by atoms with E-state index in [0.717, 1.165) is 18.9 Å². The number of rotatable bonds is 2. The molecule has 0 spiro atoms. The summed E-state index contributed by atoms with van der Waals surface area (Å²) in [4.78, 5) is 7.22. The van der Waals surface area contributed by atoms with Crippen LogP contribution in [0.4, 0.5) is 5.82 Å². The fourth-order valence-electron chi connectivity index (χ4n) is 2.96. The summed E-state index contributed by atoms with van der Waals surface area (Å²) in [5, 5.41) is 3.48. The summed E-state index contributed by atoms with van der Waals surface area (Å²) in [7, 11) is 0. The van der Waals surface area contributed by atoms with Crippen LogP contribution in [0.1, 0.15) is 19.0 Å². The predicted molar refractivity (Wildman–Crippen MR) is 65.7 cm³/mol. The molecule has 1 aromatic heterocycles. The Kier molecular flexibility index (Phi) is 2.56. The minimum Gasteiger partial charge on any atom is -0.352 e. The highest BCUT2D eigenvalue weighted by molar-refractivity contribution is 5.43. The molecule has 2 fully saturated rings. The van der Waals surface area contributed by atoms with Gasteiger partial charge in [-0.25, -0.2) is 4.98 Å². The van der Waals surface area contributed by atoms with Crippen LogP contribution in [-0.4, -0.2) is 30.7 Å². The molecule has 1 N–H and O–H groups in total. The molecule has 0 aromatic carbocycles. The third-order valence-corrected chi connectivity index (χ3v) is 3.89. The average molecular weight is 217 g/mol. The van der Waals surface area contributed by atoms with E-state index in [0.29, 0.717) is 6.04 Å². The van der Waals surface area contributed by atoms with Gasteiger partial charge < -0.3 is 10.2 Å². The van der Waals surface area contributed by atoms with Gasteiger partial charge in [-0.1, -0.05) is 13.0 Å². The molecule has 3 heterocycles. The van der Waals surface area contributed by atoms with E-state index in [1.807, 2.05) is 0 Å². The van der Waals surface area contributed by atoms with E-state index in [-0.39, 0.29) is 0 Å². The Morgan fingerprint density at radius 3 is 3.25 bits per heavy atom. The maximum Gasteiger partial charge on any atom is 0.129 e. The van der Waals surface area contributed by atoms with E-state index < -0.39 is 0 Å². The molecule has 3 rings (SSSR count). The molecule has 86 valence electrons. The van der Waals surface area contributed by atoms with Gasteiger partial charge in [-0.05, 0) is 30.9 Å². The van der Waals surface area contributed by atoms with E-state index in [2.05, 4.69) is 35.3 Å². The smallest absolute Gasteiger partial charge is 0.129 e. The fourth-order valence-corrected chi connectivity index (χ4v) is 2.96. The molecule has 0 bridgehead atoms. The van der Waals surface area contributed by atoms with Gasteiger partial charge >= 0.3 is 0 Å². The zero-order valence-electron chi connectivity index (χ0n) is 9.82. The molecule has 3 nitrogen and oxygen atoms in total. The number of aryl methyl sites for hydroxylation is 1. The lowest BCUT2D eigenvalue weighted by atomic mass is 10.1. The normalized spacial score (nSPS) is 28.4. The standard InChI is InChI=1S/C13H19N3/c1-2-11-4-3-5-13(15-11)16-7-6-10-8-14-9-12(10)16/h3-5,10,12,14H,2,6-9H2,1H3. The molecule has 3 heteroatoms. The quantitative estimate of drug-likeness (QED) is 0.812. The molecule has 16 heavy (non-hydrogen) atoms. The second-order valence-electron chi connectivity index (χ2n) is 4.81. The summed E-state index contributed by atoms with van der Waals surface area (Å²) in [6.45, 7) is 5.66. The Hall–Kier alpha value is -1.09. The van der Waals surface area contributed by atoms with Gasteiger partial charge in [0.1, 0.15) is 5.82 Å². The molecule has 2 atom stereocenters. The molecule has 0 saturated carbocycles. The molecule has 2 saturated heterocycles. The van der Waals surface area contributed by atoms with Gasteiger partial charge in [0.05, 0.1) is 0 Å². The molecule has 1 aromatic rings. The summed E-state index contributed by atoms with van der Waals surface area (Å²) in [6.07, 6.45) is 2.34. The van der Waals surface area contributed by atoms with E-state index in [1.165, 1.54) is 31.0 Å². The van der Waals surface area contributed by atoms with Gasteiger partial charge in [-0.3, -0.25) is 0 Å². The third kappa shape index (κ3) is 1.59. The molecule has 0 radical (unpaired) electrons. The molecule has 2 aliphatic rings. The molecular formula is C13H19N3. The van der Waals surface area contributed by atoms with Crippen molar-refractivity contribution in [1.82, 2.24) is 10.3 Å². The predicted octanol–water partition coefficient (Wildman–Crippen LogP) is 1.44. The first-order valence-corrected chi connectivity index (χ1v) is 6.32. The van der Waals surface area contributed by atoms with Crippen LogP contribution >= 0.6 is 0 Å². The average Bonchev–Trinajstić information content (AvgIpc) is 2.90. The molecule has 2 aliphatic heterocycles. The lowest BCUT2D eigenvalue weighted by molar-refractivity contribution is 0.577. The number of nitrogens with zero attached hydrogens (tertiary/aromatic N) is 2. The Morgan fingerprint density at radius 2 is 2.38 bits per heavy atom. The van der Waals surface area contributed by atoms with Crippen molar-refractivity contribution in [3.8, 4) is 0 Å². The summed E-state index contributed by atoms with van der Waals surface area (Å²) in [5.74, 6) is 2.02. The number of hydrogen-bond donors (Lipinski definition) is 1. The largest absolute Gasteiger partial charge is 0.352 e. The van der Waals surface area contributed by atoms with Crippen LogP contribution in [0.25, 0.3) is 0 Å². The van der Waals surface area contributed by atoms with Crippen LogP contribution < -0.4 is 10.2 Å². The Labute approximate surface area is 96.9 Å². The van der Waals surface area contributed by atoms with Crippen LogP contribution in [-0.2, 0) is 6.42 Å². The number of nitrogens with one attached hydrogen (secondary N) is 1. The molecule has 0 amide bonds. The van der Waals surface area contributed by atoms with Gasteiger partial charge in [-0.2, -0.15) is 0 Å². The lowest BCUT2D eigenvalue weighted by Gasteiger charge is -2.24. The number of aromatic nitrogens is 1. The van der Waals surface area contributed by atoms with Gasteiger partial charge in [-0.15, -0.1) is 0 Å². The highest BCUT2D eigenvalue weighted by Crippen LogP contribution is 2.30. The van der Waals surface area contributed by atoms with Gasteiger partial charge in [0.2, 0.25) is 0 Å². The fraction of sp³-hybridized carbons (Fsp3) is 0.615. The Bertz CT molecular complexity index is 377. The van der Waals surface area contributed by atoms with Crippen molar-refractivity contribution >= 4 is 5.82 Å². The molecule has 2 unspecified atom stereocenters. The van der Waals surface area contributed by atoms with Gasteiger partial charge in [0.15, 0.2) is 0 Å². The van der Waals surface area contributed by atoms with Crippen LogP contribution in [0, 0.1) is 5.92 Å². The summed E-state index contributed by atoms with van der Waals surface area (Å²) in [5.41, 5.74) is 1.20. The lowest BCUT2D eigenvalue weighted by Crippen LogP contribution is -2.34. The second-order valence-corrected chi connectivity index (χ2v) is 4.81. The first-order chi connectivity index (χ1) is 7.88. The number of fused-ring (bicyclic) bond motifs is 1. The minimum absolute atomic E-state index is 0.680. The number of anilines is 1. The van der Waals surface area contributed by atoms with Gasteiger partial charge in [0.25, 0.3) is 0 Å². The maximum atomic E-state index is 4.73. The zero-order chi connectivity index (χ0) is 11.0. The zero-order valence-corrected chi connectivity index (χ0v) is 9.82. The van der Waals surface area contributed by atoms with E-state index >= 15 is 0 Å². The van der Waals surface area contributed by atoms with Crippen molar-refractivity contribution in [1.29, 1.82) is 0 Å². The molecular weight excluding hydrogens is 198 g/mol. The third-order valence-electron chi connectivity index (χ3n) is 3.89. The van der Waals surface area contributed by atoms with Crippen LogP contribution in [0.15, 0.2) is 18.2 Å². The SMILES string of the molecule is CCc1cccc(N2CCC3CNCC32)n1. The van der Waals surface area contributed by atoms with E-state index in [9.17, 15) is 0 Å². The van der Waals surface area contributed by atoms with Crippen molar-refractivity contribution in [3.63, 3.8) is 0 Å². The van der Waals surface area contributed by atoms with Gasteiger partial charge in [0, 0.05) is 31.4 Å². The first-order valence-electron chi connectivity index (χ1n) is 6.32. The van der Waals surface area contributed by atoms with Crippen LogP contribution in [0.5, 0.6) is 0 Å². The van der Waals surface area contributed by atoms with Crippen LogP contribution in [0.3, 0.4) is 0 Å². The maximum absolute atomic E-state index is 4.73. The topological polar surface area (TPSA) is 28.2 Å². The van der Waals surface area contributed by atoms with E-state index in [4.69, 9.17) is 4.98 Å². The monoisotopic (exact) mass is 217 g/mol. The Morgan fingerprint density at radius 1 is 1.44 bits per heavy atom. The summed E-state index contributed by atoms with van der Waals surface area (Å²) in [6, 6.07) is 7.08. The van der Waals surface area contributed by atoms with E-state index in [1.54, 1.807) is 0 Å². The summed E-state index contributed by atoms with van der Waals surface area (Å²) < 4.78 is 0. The van der Waals surface area contributed by atoms with Crippen molar-refractivity contribution < 1.29 is 0 Å². The second kappa shape index (κ2) is 4.06. The number of hydrogen-bond acceptors (Lipinski definition) is 3. The van der Waals surface area contributed by atoms with Crippen molar-refractivity contribution in [2.75, 3.05) is 24.5 Å². The van der Waals surface area contributed by atoms with Crippen molar-refractivity contribution in [2.24, 2.45) is 5.92 Å². The highest BCUT2D eigenvalue weighted by atomic mass is 15.3.